The van der Waals surface area contributed by atoms with E-state index in [4.69, 9.17) is 10.00 Å². The first-order chi connectivity index (χ1) is 5.75. The van der Waals surface area contributed by atoms with Crippen LogP contribution in [0.25, 0.3) is 0 Å². The van der Waals surface area contributed by atoms with Gasteiger partial charge in [0.1, 0.15) is 6.04 Å². The van der Waals surface area contributed by atoms with Crippen LogP contribution >= 0.6 is 0 Å². The second-order valence-corrected chi connectivity index (χ2v) is 3.49. The molecule has 0 aromatic heterocycles. The van der Waals surface area contributed by atoms with Gasteiger partial charge in [-0.05, 0) is 32.9 Å². The molecule has 1 heterocycles. The average molecular weight is 168 g/mol. The highest BCUT2D eigenvalue weighted by Gasteiger charge is 2.24. The highest BCUT2D eigenvalue weighted by molar-refractivity contribution is 4.95. The third kappa shape index (κ3) is 2.20. The van der Waals surface area contributed by atoms with Crippen LogP contribution in [0.15, 0.2) is 0 Å². The van der Waals surface area contributed by atoms with E-state index >= 15 is 0 Å². The molecule has 1 aliphatic rings. The monoisotopic (exact) mass is 168 g/mol. The van der Waals surface area contributed by atoms with Crippen molar-refractivity contribution in [1.29, 1.82) is 5.26 Å². The average Bonchev–Trinajstić information content (AvgIpc) is 2.07. The Morgan fingerprint density at radius 2 is 2.00 bits per heavy atom. The molecule has 0 aliphatic carbocycles. The summed E-state index contributed by atoms with van der Waals surface area (Å²) in [5.41, 5.74) is 0. The highest BCUT2D eigenvalue weighted by atomic mass is 16.5. The van der Waals surface area contributed by atoms with E-state index in [0.29, 0.717) is 5.92 Å². The normalized spacial score (nSPS) is 22.2. The zero-order valence-electron chi connectivity index (χ0n) is 7.79. The van der Waals surface area contributed by atoms with Gasteiger partial charge in [-0.2, -0.15) is 5.26 Å². The molecule has 68 valence electrons. The van der Waals surface area contributed by atoms with Gasteiger partial charge in [0.15, 0.2) is 0 Å². The number of nitriles is 1. The fourth-order valence-electron chi connectivity index (χ4n) is 1.67. The van der Waals surface area contributed by atoms with E-state index in [1.807, 2.05) is 19.0 Å². The maximum absolute atomic E-state index is 8.92. The van der Waals surface area contributed by atoms with Gasteiger partial charge in [0, 0.05) is 13.2 Å². The number of hydrogen-bond donors (Lipinski definition) is 0. The first-order valence-corrected chi connectivity index (χ1v) is 4.39. The van der Waals surface area contributed by atoms with Crippen molar-refractivity contribution in [3.8, 4) is 6.07 Å². The van der Waals surface area contributed by atoms with Crippen LogP contribution in [0.2, 0.25) is 0 Å². The third-order valence-electron chi connectivity index (χ3n) is 2.40. The van der Waals surface area contributed by atoms with Crippen LogP contribution in [0.4, 0.5) is 0 Å². The van der Waals surface area contributed by atoms with Crippen LogP contribution in [0.5, 0.6) is 0 Å². The maximum atomic E-state index is 8.92. The van der Waals surface area contributed by atoms with E-state index in [-0.39, 0.29) is 6.04 Å². The molecule has 0 spiro atoms. The zero-order chi connectivity index (χ0) is 8.97. The Hall–Kier alpha value is -0.590. The molecule has 3 nitrogen and oxygen atoms in total. The molecular formula is C9H16N2O. The van der Waals surface area contributed by atoms with Crippen LogP contribution in [-0.4, -0.2) is 38.3 Å². The summed E-state index contributed by atoms with van der Waals surface area (Å²) >= 11 is 0. The molecule has 12 heavy (non-hydrogen) atoms. The lowest BCUT2D eigenvalue weighted by Crippen LogP contribution is -2.37. The van der Waals surface area contributed by atoms with Gasteiger partial charge in [0.25, 0.3) is 0 Å². The summed E-state index contributed by atoms with van der Waals surface area (Å²) in [6, 6.07) is 2.41. The van der Waals surface area contributed by atoms with E-state index in [1.54, 1.807) is 0 Å². The Kier molecular flexibility index (Phi) is 3.51. The smallest absolute Gasteiger partial charge is 0.100 e. The lowest BCUT2D eigenvalue weighted by molar-refractivity contribution is 0.0475. The Bertz CT molecular complexity index is 168. The van der Waals surface area contributed by atoms with E-state index in [0.717, 1.165) is 26.1 Å². The summed E-state index contributed by atoms with van der Waals surface area (Å²) in [4.78, 5) is 2.00. The second-order valence-electron chi connectivity index (χ2n) is 3.49. The predicted octanol–water partition coefficient (Wildman–Crippen LogP) is 0.867. The van der Waals surface area contributed by atoms with E-state index in [9.17, 15) is 0 Å². The number of rotatable bonds is 2. The predicted molar refractivity (Wildman–Crippen MR) is 46.6 cm³/mol. The summed E-state index contributed by atoms with van der Waals surface area (Å²) in [5.74, 6) is 0.499. The maximum Gasteiger partial charge on any atom is 0.100 e. The van der Waals surface area contributed by atoms with Crippen LogP contribution in [0.1, 0.15) is 12.8 Å². The zero-order valence-corrected chi connectivity index (χ0v) is 7.79. The second kappa shape index (κ2) is 4.44. The first kappa shape index (κ1) is 9.50. The molecule has 1 atom stereocenters. The van der Waals surface area contributed by atoms with E-state index in [1.165, 1.54) is 0 Å². The van der Waals surface area contributed by atoms with Crippen LogP contribution in [-0.2, 0) is 4.74 Å². The molecule has 3 heteroatoms. The molecule has 1 fully saturated rings. The fourth-order valence-corrected chi connectivity index (χ4v) is 1.67. The van der Waals surface area contributed by atoms with Gasteiger partial charge in [-0.1, -0.05) is 0 Å². The van der Waals surface area contributed by atoms with Crippen molar-refractivity contribution in [2.75, 3.05) is 27.3 Å². The summed E-state index contributed by atoms with van der Waals surface area (Å²) in [7, 11) is 3.92. The van der Waals surface area contributed by atoms with Crippen molar-refractivity contribution >= 4 is 0 Å². The first-order valence-electron chi connectivity index (χ1n) is 4.39. The van der Waals surface area contributed by atoms with Gasteiger partial charge in [0.05, 0.1) is 6.07 Å². The Morgan fingerprint density at radius 3 is 2.42 bits per heavy atom. The van der Waals surface area contributed by atoms with Gasteiger partial charge in [0.2, 0.25) is 0 Å². The Morgan fingerprint density at radius 1 is 1.42 bits per heavy atom. The lowest BCUT2D eigenvalue weighted by atomic mass is 9.92. The van der Waals surface area contributed by atoms with Crippen molar-refractivity contribution in [3.63, 3.8) is 0 Å². The lowest BCUT2D eigenvalue weighted by Gasteiger charge is -2.29. The number of nitrogens with zero attached hydrogens (tertiary/aromatic N) is 2. The summed E-state index contributed by atoms with van der Waals surface area (Å²) in [6.07, 6.45) is 2.05. The van der Waals surface area contributed by atoms with Crippen molar-refractivity contribution in [2.24, 2.45) is 5.92 Å². The molecule has 1 unspecified atom stereocenters. The van der Waals surface area contributed by atoms with Gasteiger partial charge in [-0.15, -0.1) is 0 Å². The van der Waals surface area contributed by atoms with Gasteiger partial charge in [-0.3, -0.25) is 4.90 Å². The van der Waals surface area contributed by atoms with Crippen molar-refractivity contribution in [3.05, 3.63) is 0 Å². The standard InChI is InChI=1S/C9H16N2O/c1-11(2)9(7-10)8-3-5-12-6-4-8/h8-9H,3-6H2,1-2H3. The van der Waals surface area contributed by atoms with Crippen molar-refractivity contribution < 1.29 is 4.74 Å². The molecule has 1 aliphatic heterocycles. The summed E-state index contributed by atoms with van der Waals surface area (Å²) < 4.78 is 5.25. The molecule has 0 amide bonds. The molecule has 0 bridgehead atoms. The third-order valence-corrected chi connectivity index (χ3v) is 2.40. The largest absolute Gasteiger partial charge is 0.381 e. The SMILES string of the molecule is CN(C)C(C#N)C1CCOCC1. The topological polar surface area (TPSA) is 36.3 Å². The molecular weight excluding hydrogens is 152 g/mol. The van der Waals surface area contributed by atoms with Gasteiger partial charge in [-0.25, -0.2) is 0 Å². The van der Waals surface area contributed by atoms with Gasteiger partial charge >= 0.3 is 0 Å². The van der Waals surface area contributed by atoms with Crippen LogP contribution in [0.3, 0.4) is 0 Å². The van der Waals surface area contributed by atoms with Crippen molar-refractivity contribution in [2.45, 2.75) is 18.9 Å². The number of hydrogen-bond acceptors (Lipinski definition) is 3. The van der Waals surface area contributed by atoms with Crippen LogP contribution in [0, 0.1) is 17.2 Å². The minimum Gasteiger partial charge on any atom is -0.381 e. The molecule has 0 aromatic carbocycles. The molecule has 0 saturated carbocycles. The molecule has 0 aromatic rings. The minimum absolute atomic E-state index is 0.0638. The van der Waals surface area contributed by atoms with Crippen LogP contribution < -0.4 is 0 Å². The van der Waals surface area contributed by atoms with Crippen molar-refractivity contribution in [1.82, 2.24) is 4.90 Å². The van der Waals surface area contributed by atoms with E-state index in [2.05, 4.69) is 6.07 Å². The molecule has 0 radical (unpaired) electrons. The quantitative estimate of drug-likeness (QED) is 0.613. The Labute approximate surface area is 73.9 Å². The highest BCUT2D eigenvalue weighted by Crippen LogP contribution is 2.20. The molecule has 1 rings (SSSR count). The molecule has 1 saturated heterocycles. The van der Waals surface area contributed by atoms with Gasteiger partial charge < -0.3 is 4.74 Å². The molecule has 0 N–H and O–H groups in total. The Balaban J connectivity index is 2.47. The fraction of sp³-hybridized carbons (Fsp3) is 0.889. The summed E-state index contributed by atoms with van der Waals surface area (Å²) in [5, 5.41) is 8.92. The number of ether oxygens (including phenoxy) is 1. The van der Waals surface area contributed by atoms with E-state index < -0.39 is 0 Å². The minimum atomic E-state index is 0.0638. The summed E-state index contributed by atoms with van der Waals surface area (Å²) in [6.45, 7) is 1.63.